The first kappa shape index (κ1) is 23.6. The Labute approximate surface area is 187 Å². The molecule has 0 unspecified atom stereocenters. The molecular weight excluding hydrogens is 452 g/mol. The van der Waals surface area contributed by atoms with E-state index in [0.29, 0.717) is 17.5 Å². The minimum Gasteiger partial charge on any atom is -0.340 e. The Hall–Kier alpha value is -3.06. The zero-order valence-corrected chi connectivity index (χ0v) is 19.2. The number of sulfonamides is 2. The van der Waals surface area contributed by atoms with Gasteiger partial charge in [-0.1, -0.05) is 12.1 Å². The molecule has 0 atom stereocenters. The smallest absolute Gasteiger partial charge is 0.238 e. The average molecular weight is 477 g/mol. The largest absolute Gasteiger partial charge is 0.340 e. The quantitative estimate of drug-likeness (QED) is 0.367. The summed E-state index contributed by atoms with van der Waals surface area (Å²) >= 11 is 0. The first-order valence-corrected chi connectivity index (χ1v) is 12.8. The van der Waals surface area contributed by atoms with E-state index in [-0.39, 0.29) is 17.2 Å². The highest BCUT2D eigenvalue weighted by molar-refractivity contribution is 7.89. The maximum absolute atomic E-state index is 11.6. The van der Waals surface area contributed by atoms with Gasteiger partial charge in [0, 0.05) is 29.7 Å². The van der Waals surface area contributed by atoms with E-state index in [9.17, 15) is 16.8 Å². The van der Waals surface area contributed by atoms with Crippen LogP contribution in [0.15, 0.2) is 59.6 Å². The molecule has 170 valence electrons. The number of nitrogens with two attached hydrogens (primary N) is 1. The van der Waals surface area contributed by atoms with Gasteiger partial charge in [0.1, 0.15) is 5.82 Å². The second kappa shape index (κ2) is 9.61. The van der Waals surface area contributed by atoms with E-state index in [1.165, 1.54) is 12.1 Å². The van der Waals surface area contributed by atoms with Crippen molar-refractivity contribution in [1.29, 1.82) is 0 Å². The molecule has 12 heteroatoms. The van der Waals surface area contributed by atoms with Crippen molar-refractivity contribution in [3.8, 4) is 0 Å². The van der Waals surface area contributed by atoms with E-state index in [2.05, 4.69) is 25.3 Å². The van der Waals surface area contributed by atoms with Crippen molar-refractivity contribution in [1.82, 2.24) is 14.7 Å². The summed E-state index contributed by atoms with van der Waals surface area (Å²) in [5.74, 6) is 0.946. The Bertz CT molecular complexity index is 1290. The van der Waals surface area contributed by atoms with Crippen molar-refractivity contribution in [3.63, 3.8) is 0 Å². The molecule has 0 saturated heterocycles. The monoisotopic (exact) mass is 476 g/mol. The second-order valence-electron chi connectivity index (χ2n) is 6.97. The molecule has 0 aliphatic carbocycles. The third kappa shape index (κ3) is 6.47. The van der Waals surface area contributed by atoms with Crippen molar-refractivity contribution >= 4 is 43.2 Å². The van der Waals surface area contributed by atoms with Crippen LogP contribution in [-0.4, -0.2) is 32.6 Å². The lowest BCUT2D eigenvalue weighted by Gasteiger charge is -2.12. The van der Waals surface area contributed by atoms with Crippen molar-refractivity contribution in [2.24, 2.45) is 5.14 Å². The highest BCUT2D eigenvalue weighted by Crippen LogP contribution is 2.22. The molecule has 1 heterocycles. The van der Waals surface area contributed by atoms with Crippen molar-refractivity contribution in [2.75, 3.05) is 16.4 Å². The number of aryl methyl sites for hydroxylation is 1. The molecule has 32 heavy (non-hydrogen) atoms. The number of nitrogens with zero attached hydrogens (tertiary/aromatic N) is 2. The number of nitrogens with one attached hydrogen (secondary N) is 3. The first-order valence-electron chi connectivity index (χ1n) is 9.62. The SMILES string of the molecule is CCS(=O)(=O)NCc1ccc(Nc2nc(Nc3ccc(S(N)(=O)=O)cc3)ncc2C)cc1. The Morgan fingerprint density at radius 2 is 1.50 bits per heavy atom. The minimum absolute atomic E-state index is 0.0150. The summed E-state index contributed by atoms with van der Waals surface area (Å²) in [5, 5.41) is 11.3. The molecule has 2 aromatic carbocycles. The van der Waals surface area contributed by atoms with Crippen LogP contribution in [0.4, 0.5) is 23.1 Å². The van der Waals surface area contributed by atoms with Gasteiger partial charge in [-0.3, -0.25) is 0 Å². The predicted octanol–water partition coefficient (Wildman–Crippen LogP) is 2.36. The lowest BCUT2D eigenvalue weighted by atomic mass is 10.2. The number of hydrogen-bond acceptors (Lipinski definition) is 8. The van der Waals surface area contributed by atoms with Crippen LogP contribution in [0.5, 0.6) is 0 Å². The maximum Gasteiger partial charge on any atom is 0.238 e. The number of anilines is 4. The highest BCUT2D eigenvalue weighted by atomic mass is 32.2. The van der Waals surface area contributed by atoms with E-state index in [0.717, 1.165) is 16.8 Å². The fraction of sp³-hybridized carbons (Fsp3) is 0.200. The van der Waals surface area contributed by atoms with Crippen LogP contribution in [-0.2, 0) is 26.6 Å². The lowest BCUT2D eigenvalue weighted by molar-refractivity contribution is 0.582. The van der Waals surface area contributed by atoms with Crippen molar-refractivity contribution in [2.45, 2.75) is 25.3 Å². The molecule has 0 aliphatic heterocycles. The molecule has 5 N–H and O–H groups in total. The van der Waals surface area contributed by atoms with Crippen molar-refractivity contribution in [3.05, 3.63) is 65.9 Å². The van der Waals surface area contributed by atoms with Crippen LogP contribution in [0.2, 0.25) is 0 Å². The fourth-order valence-corrected chi connectivity index (χ4v) is 3.73. The molecule has 0 spiro atoms. The normalized spacial score (nSPS) is 11.8. The van der Waals surface area contributed by atoms with Crippen LogP contribution >= 0.6 is 0 Å². The van der Waals surface area contributed by atoms with Gasteiger partial charge in [0.25, 0.3) is 0 Å². The molecule has 0 amide bonds. The topological polar surface area (TPSA) is 156 Å². The minimum atomic E-state index is -3.76. The van der Waals surface area contributed by atoms with Gasteiger partial charge in [-0.05, 0) is 55.8 Å². The number of aromatic nitrogens is 2. The number of rotatable bonds is 9. The van der Waals surface area contributed by atoms with Crippen molar-refractivity contribution < 1.29 is 16.8 Å². The maximum atomic E-state index is 11.6. The van der Waals surface area contributed by atoms with Crippen LogP contribution in [0, 0.1) is 6.92 Å². The lowest BCUT2D eigenvalue weighted by Crippen LogP contribution is -2.24. The van der Waals surface area contributed by atoms with Gasteiger partial charge >= 0.3 is 0 Å². The van der Waals surface area contributed by atoms with Gasteiger partial charge in [-0.15, -0.1) is 0 Å². The standard InChI is InChI=1S/C20H24N6O4S2/c1-3-31(27,28)23-13-15-4-6-16(7-5-15)24-19-14(2)12-22-20(26-19)25-17-8-10-18(11-9-17)32(21,29)30/h4-12,23H,3,13H2,1-2H3,(H2,21,29,30)(H2,22,24,25,26). The predicted molar refractivity (Wildman–Crippen MR) is 124 cm³/mol. The van der Waals surface area contributed by atoms with Crippen LogP contribution in [0.3, 0.4) is 0 Å². The Balaban J connectivity index is 1.69. The summed E-state index contributed by atoms with van der Waals surface area (Å²) in [6.45, 7) is 3.67. The summed E-state index contributed by atoms with van der Waals surface area (Å²) in [6, 6.07) is 13.2. The molecule has 10 nitrogen and oxygen atoms in total. The summed E-state index contributed by atoms with van der Waals surface area (Å²) in [5.41, 5.74) is 3.03. The molecule has 0 bridgehead atoms. The van der Waals surface area contributed by atoms with E-state index in [1.807, 2.05) is 31.2 Å². The van der Waals surface area contributed by atoms with E-state index < -0.39 is 20.0 Å². The van der Waals surface area contributed by atoms with Gasteiger partial charge < -0.3 is 10.6 Å². The van der Waals surface area contributed by atoms with Gasteiger partial charge in [0.2, 0.25) is 26.0 Å². The van der Waals surface area contributed by atoms with Crippen LogP contribution in [0.25, 0.3) is 0 Å². The molecule has 0 fully saturated rings. The van der Waals surface area contributed by atoms with E-state index >= 15 is 0 Å². The number of benzene rings is 2. The highest BCUT2D eigenvalue weighted by Gasteiger charge is 2.09. The van der Waals surface area contributed by atoms with Gasteiger partial charge in [-0.25, -0.2) is 31.7 Å². The third-order valence-electron chi connectivity index (χ3n) is 4.50. The molecule has 3 aromatic rings. The molecule has 1 aromatic heterocycles. The van der Waals surface area contributed by atoms with Crippen LogP contribution < -0.4 is 20.5 Å². The molecule has 3 rings (SSSR count). The molecule has 0 aliphatic rings. The number of hydrogen-bond donors (Lipinski definition) is 4. The van der Waals surface area contributed by atoms with E-state index in [4.69, 9.17) is 5.14 Å². The zero-order chi connectivity index (χ0) is 23.4. The Kier molecular flexibility index (Phi) is 7.09. The third-order valence-corrected chi connectivity index (χ3v) is 6.78. The Morgan fingerprint density at radius 3 is 2.09 bits per heavy atom. The van der Waals surface area contributed by atoms with Gasteiger partial charge in [-0.2, -0.15) is 4.98 Å². The molecular formula is C20H24N6O4S2. The summed E-state index contributed by atoms with van der Waals surface area (Å²) in [4.78, 5) is 8.73. The average Bonchev–Trinajstić information content (AvgIpc) is 2.75. The molecule has 0 saturated carbocycles. The van der Waals surface area contributed by atoms with E-state index in [1.54, 1.807) is 25.3 Å². The second-order valence-corrected chi connectivity index (χ2v) is 10.6. The zero-order valence-electron chi connectivity index (χ0n) is 17.5. The summed E-state index contributed by atoms with van der Waals surface area (Å²) < 4.78 is 48.4. The first-order chi connectivity index (χ1) is 15.1. The summed E-state index contributed by atoms with van der Waals surface area (Å²) in [7, 11) is -7.01. The van der Waals surface area contributed by atoms with Gasteiger partial charge in [0.15, 0.2) is 0 Å². The summed E-state index contributed by atoms with van der Waals surface area (Å²) in [6.07, 6.45) is 1.66. The Morgan fingerprint density at radius 1 is 0.906 bits per heavy atom. The molecule has 0 radical (unpaired) electrons. The van der Waals surface area contributed by atoms with Crippen LogP contribution in [0.1, 0.15) is 18.1 Å². The number of primary sulfonamides is 1. The fourth-order valence-electron chi connectivity index (χ4n) is 2.62. The van der Waals surface area contributed by atoms with Gasteiger partial charge in [0.05, 0.1) is 10.6 Å².